The molecule has 5 nitrogen and oxygen atoms in total. The third kappa shape index (κ3) is 8.45. The number of thioether (sulfide) groups is 1. The number of nitrogens with zero attached hydrogens (tertiary/aromatic N) is 2. The summed E-state index contributed by atoms with van der Waals surface area (Å²) >= 11 is 1.72. The Morgan fingerprint density at radius 2 is 1.67 bits per heavy atom. The van der Waals surface area contributed by atoms with Crippen molar-refractivity contribution in [1.82, 2.24) is 9.80 Å². The second-order valence-electron chi connectivity index (χ2n) is 9.10. The van der Waals surface area contributed by atoms with Gasteiger partial charge in [0.25, 0.3) is 0 Å². The van der Waals surface area contributed by atoms with Crippen molar-refractivity contribution >= 4 is 23.4 Å². The average molecular weight is 470 g/mol. The first-order valence-corrected chi connectivity index (χ1v) is 13.1. The van der Waals surface area contributed by atoms with Crippen LogP contribution in [0.3, 0.4) is 0 Å². The molecule has 2 aromatic rings. The Kier molecular flexibility index (Phi) is 10.3. The fraction of sp³-hybridized carbons (Fsp3) is 0.519. The number of nitrogens with one attached hydrogen (secondary N) is 1. The van der Waals surface area contributed by atoms with E-state index in [4.69, 9.17) is 0 Å². The molecular weight excluding hydrogens is 430 g/mol. The number of β-amino-alcohol motifs (C(OH)–C–C–N with tert-alkyl or cyclic N) is 1. The number of aliphatic hydroxyl groups is 1. The Hall–Kier alpha value is -1.86. The molecule has 1 aliphatic rings. The fourth-order valence-corrected chi connectivity index (χ4v) is 5.02. The van der Waals surface area contributed by atoms with Gasteiger partial charge in [-0.15, -0.1) is 11.8 Å². The highest BCUT2D eigenvalue weighted by Crippen LogP contribution is 2.21. The number of hydrogen-bond donors (Lipinski definition) is 2. The van der Waals surface area contributed by atoms with Crippen molar-refractivity contribution < 1.29 is 9.90 Å². The number of piperazine rings is 1. The van der Waals surface area contributed by atoms with Crippen LogP contribution >= 0.6 is 11.8 Å². The molecule has 1 atom stereocenters. The number of aliphatic hydroxyl groups excluding tert-OH is 1. The monoisotopic (exact) mass is 469 g/mol. The molecule has 1 heterocycles. The number of para-hydroxylation sites is 1. The van der Waals surface area contributed by atoms with Crippen molar-refractivity contribution in [2.45, 2.75) is 51.0 Å². The van der Waals surface area contributed by atoms with Crippen LogP contribution in [0.25, 0.3) is 0 Å². The SMILES string of the molecule is CCCCc1ccc(SCC(O)CN2CCN(CC(=O)Nc3c(C)cccc3C)CC2)cc1. The number of hydrogen-bond acceptors (Lipinski definition) is 5. The summed E-state index contributed by atoms with van der Waals surface area (Å²) in [5.41, 5.74) is 4.50. The van der Waals surface area contributed by atoms with Gasteiger partial charge in [0, 0.05) is 49.1 Å². The lowest BCUT2D eigenvalue weighted by molar-refractivity contribution is -0.117. The van der Waals surface area contributed by atoms with E-state index in [9.17, 15) is 9.90 Å². The Bertz CT molecular complexity index is 859. The molecule has 180 valence electrons. The number of aryl methyl sites for hydroxylation is 3. The molecule has 1 aliphatic heterocycles. The number of amides is 1. The second-order valence-corrected chi connectivity index (χ2v) is 10.2. The number of rotatable bonds is 11. The van der Waals surface area contributed by atoms with E-state index in [0.29, 0.717) is 18.8 Å². The van der Waals surface area contributed by atoms with Gasteiger partial charge in [0.05, 0.1) is 12.6 Å². The van der Waals surface area contributed by atoms with Gasteiger partial charge in [-0.05, 0) is 55.5 Å². The number of carbonyl (C=O) groups is 1. The minimum absolute atomic E-state index is 0.0398. The summed E-state index contributed by atoms with van der Waals surface area (Å²) in [4.78, 5) is 18.2. The molecule has 0 radical (unpaired) electrons. The highest BCUT2D eigenvalue weighted by molar-refractivity contribution is 7.99. The molecule has 0 spiro atoms. The van der Waals surface area contributed by atoms with Crippen LogP contribution in [0.5, 0.6) is 0 Å². The molecule has 33 heavy (non-hydrogen) atoms. The zero-order chi connectivity index (χ0) is 23.6. The zero-order valence-corrected chi connectivity index (χ0v) is 21.2. The molecule has 0 bridgehead atoms. The van der Waals surface area contributed by atoms with Gasteiger partial charge in [0.2, 0.25) is 5.91 Å². The van der Waals surface area contributed by atoms with Gasteiger partial charge in [-0.2, -0.15) is 0 Å². The highest BCUT2D eigenvalue weighted by atomic mass is 32.2. The molecular formula is C27H39N3O2S. The van der Waals surface area contributed by atoms with E-state index in [1.807, 2.05) is 32.0 Å². The Balaban J connectivity index is 1.34. The quantitative estimate of drug-likeness (QED) is 0.479. The first-order chi connectivity index (χ1) is 15.9. The molecule has 0 saturated carbocycles. The minimum atomic E-state index is -0.353. The van der Waals surface area contributed by atoms with Crippen molar-refractivity contribution in [2.75, 3.05) is 50.3 Å². The third-order valence-corrected chi connectivity index (χ3v) is 7.39. The lowest BCUT2D eigenvalue weighted by Crippen LogP contribution is -2.50. The predicted octanol–water partition coefficient (Wildman–Crippen LogP) is 4.36. The second kappa shape index (κ2) is 13.1. The number of unbranched alkanes of at least 4 members (excludes halogenated alkanes) is 1. The normalized spacial score (nSPS) is 16.0. The van der Waals surface area contributed by atoms with E-state index in [1.165, 1.54) is 23.3 Å². The van der Waals surface area contributed by atoms with Crippen molar-refractivity contribution in [3.8, 4) is 0 Å². The number of benzene rings is 2. The maximum Gasteiger partial charge on any atom is 0.238 e. The minimum Gasteiger partial charge on any atom is -0.391 e. The van der Waals surface area contributed by atoms with Crippen molar-refractivity contribution in [3.05, 3.63) is 59.2 Å². The molecule has 3 rings (SSSR count). The maximum absolute atomic E-state index is 12.5. The van der Waals surface area contributed by atoms with Gasteiger partial charge in [0.1, 0.15) is 0 Å². The summed E-state index contributed by atoms with van der Waals surface area (Å²) in [6.45, 7) is 10.8. The molecule has 0 aromatic heterocycles. The topological polar surface area (TPSA) is 55.8 Å². The van der Waals surface area contributed by atoms with Crippen LogP contribution in [0.4, 0.5) is 5.69 Å². The van der Waals surface area contributed by atoms with Gasteiger partial charge in [-0.3, -0.25) is 14.6 Å². The smallest absolute Gasteiger partial charge is 0.238 e. The molecule has 6 heteroatoms. The van der Waals surface area contributed by atoms with Crippen molar-refractivity contribution in [1.29, 1.82) is 0 Å². The third-order valence-electron chi connectivity index (χ3n) is 6.23. The Morgan fingerprint density at radius 1 is 1.03 bits per heavy atom. The largest absolute Gasteiger partial charge is 0.391 e. The fourth-order valence-electron chi connectivity index (χ4n) is 4.20. The zero-order valence-electron chi connectivity index (χ0n) is 20.3. The molecule has 2 N–H and O–H groups in total. The lowest BCUT2D eigenvalue weighted by Gasteiger charge is -2.35. The Labute approximate surface area is 203 Å². The van der Waals surface area contributed by atoms with Crippen LogP contribution in [-0.4, -0.2) is 71.9 Å². The Morgan fingerprint density at radius 3 is 2.30 bits per heavy atom. The number of anilines is 1. The molecule has 0 aliphatic carbocycles. The standard InChI is InChI=1S/C27H39N3O2S/c1-4-5-9-23-10-12-25(13-11-23)33-20-24(31)18-29-14-16-30(17-15-29)19-26(32)28-27-21(2)7-6-8-22(27)3/h6-8,10-13,24,31H,4-5,9,14-20H2,1-3H3,(H,28,32). The summed E-state index contributed by atoms with van der Waals surface area (Å²) in [6, 6.07) is 14.8. The summed E-state index contributed by atoms with van der Waals surface area (Å²) in [5, 5.41) is 13.6. The summed E-state index contributed by atoms with van der Waals surface area (Å²) < 4.78 is 0. The average Bonchev–Trinajstić information content (AvgIpc) is 2.81. The van der Waals surface area contributed by atoms with Gasteiger partial charge in [0.15, 0.2) is 0 Å². The van der Waals surface area contributed by atoms with E-state index < -0.39 is 0 Å². The first-order valence-electron chi connectivity index (χ1n) is 12.1. The van der Waals surface area contributed by atoms with E-state index in [2.05, 4.69) is 46.3 Å². The maximum atomic E-state index is 12.5. The molecule has 1 saturated heterocycles. The summed E-state index contributed by atoms with van der Waals surface area (Å²) in [5.74, 6) is 0.741. The van der Waals surface area contributed by atoms with E-state index in [-0.39, 0.29) is 12.0 Å². The van der Waals surface area contributed by atoms with Crippen LogP contribution in [0, 0.1) is 13.8 Å². The number of carbonyl (C=O) groups excluding carboxylic acids is 1. The predicted molar refractivity (Wildman–Crippen MR) is 139 cm³/mol. The van der Waals surface area contributed by atoms with Gasteiger partial charge >= 0.3 is 0 Å². The van der Waals surface area contributed by atoms with E-state index in [0.717, 1.165) is 49.4 Å². The van der Waals surface area contributed by atoms with E-state index >= 15 is 0 Å². The van der Waals surface area contributed by atoms with Gasteiger partial charge in [-0.25, -0.2) is 0 Å². The van der Waals surface area contributed by atoms with Crippen LogP contribution in [0.2, 0.25) is 0 Å². The lowest BCUT2D eigenvalue weighted by atomic mass is 10.1. The summed E-state index contributed by atoms with van der Waals surface area (Å²) in [6.07, 6.45) is 3.24. The molecule has 1 fully saturated rings. The van der Waals surface area contributed by atoms with Gasteiger partial charge < -0.3 is 10.4 Å². The van der Waals surface area contributed by atoms with E-state index in [1.54, 1.807) is 11.8 Å². The summed E-state index contributed by atoms with van der Waals surface area (Å²) in [7, 11) is 0. The van der Waals surface area contributed by atoms with Crippen LogP contribution < -0.4 is 5.32 Å². The van der Waals surface area contributed by atoms with Crippen LogP contribution in [0.1, 0.15) is 36.5 Å². The van der Waals surface area contributed by atoms with Crippen molar-refractivity contribution in [2.24, 2.45) is 0 Å². The van der Waals surface area contributed by atoms with Gasteiger partial charge in [-0.1, -0.05) is 43.7 Å². The highest BCUT2D eigenvalue weighted by Gasteiger charge is 2.21. The first kappa shape index (κ1) is 25.8. The van der Waals surface area contributed by atoms with Crippen LogP contribution in [0.15, 0.2) is 47.4 Å². The molecule has 2 aromatic carbocycles. The van der Waals surface area contributed by atoms with Crippen LogP contribution in [-0.2, 0) is 11.2 Å². The van der Waals surface area contributed by atoms with Crippen molar-refractivity contribution in [3.63, 3.8) is 0 Å². The molecule has 1 unspecified atom stereocenters. The molecule has 1 amide bonds.